The van der Waals surface area contributed by atoms with Crippen molar-refractivity contribution in [3.05, 3.63) is 63.7 Å². The van der Waals surface area contributed by atoms with Gasteiger partial charge in [-0.15, -0.1) is 0 Å². The first kappa shape index (κ1) is 21.2. The van der Waals surface area contributed by atoms with Crippen LogP contribution < -0.4 is 10.5 Å². The minimum absolute atomic E-state index is 0.256. The molecule has 2 aromatic carbocycles. The number of nitro benzene ring substituents is 1. The van der Waals surface area contributed by atoms with Gasteiger partial charge in [-0.2, -0.15) is 0 Å². The minimum Gasteiger partial charge on any atom is -0.375 e. The summed E-state index contributed by atoms with van der Waals surface area (Å²) in [5.41, 5.74) is 2.18. The zero-order chi connectivity index (χ0) is 20.9. The van der Waals surface area contributed by atoms with Crippen LogP contribution in [0.2, 0.25) is 0 Å². The molecule has 8 nitrogen and oxygen atoms in total. The SMILES string of the molecule is NS(=O)(=O)c1ccc(NCc2ccccc2CN2CCCCCC2)c([N+](=O)[O-])c1. The summed E-state index contributed by atoms with van der Waals surface area (Å²) in [5, 5.41) is 19.6. The fourth-order valence-corrected chi connectivity index (χ4v) is 4.13. The smallest absolute Gasteiger partial charge is 0.293 e. The molecular weight excluding hydrogens is 392 g/mol. The number of hydrogen-bond donors (Lipinski definition) is 2. The monoisotopic (exact) mass is 418 g/mol. The molecule has 1 heterocycles. The largest absolute Gasteiger partial charge is 0.375 e. The lowest BCUT2D eigenvalue weighted by Crippen LogP contribution is -2.24. The molecule has 0 atom stereocenters. The number of benzene rings is 2. The van der Waals surface area contributed by atoms with E-state index in [1.54, 1.807) is 0 Å². The highest BCUT2D eigenvalue weighted by atomic mass is 32.2. The van der Waals surface area contributed by atoms with E-state index in [1.807, 2.05) is 18.2 Å². The third kappa shape index (κ3) is 5.75. The van der Waals surface area contributed by atoms with Crippen molar-refractivity contribution in [2.75, 3.05) is 18.4 Å². The van der Waals surface area contributed by atoms with Gasteiger partial charge in [0, 0.05) is 19.2 Å². The second kappa shape index (κ2) is 9.34. The van der Waals surface area contributed by atoms with E-state index in [-0.39, 0.29) is 16.3 Å². The van der Waals surface area contributed by atoms with Crippen molar-refractivity contribution in [3.8, 4) is 0 Å². The van der Waals surface area contributed by atoms with Gasteiger partial charge < -0.3 is 5.32 Å². The van der Waals surface area contributed by atoms with Gasteiger partial charge in [0.05, 0.1) is 9.82 Å². The van der Waals surface area contributed by atoms with Crippen LogP contribution in [0.3, 0.4) is 0 Å². The first-order valence-corrected chi connectivity index (χ1v) is 11.2. The molecule has 1 aliphatic heterocycles. The molecule has 0 unspecified atom stereocenters. The Bertz CT molecular complexity index is 970. The second-order valence-electron chi connectivity index (χ2n) is 7.29. The minimum atomic E-state index is -4.01. The zero-order valence-corrected chi connectivity index (χ0v) is 17.0. The molecule has 9 heteroatoms. The predicted octanol–water partition coefficient (Wildman–Crippen LogP) is 3.23. The van der Waals surface area contributed by atoms with Gasteiger partial charge in [-0.3, -0.25) is 15.0 Å². The standard InChI is InChI=1S/C20H26N4O4S/c21-29(27,28)18-9-10-19(20(13-18)24(25)26)22-14-16-7-3-4-8-17(16)15-23-11-5-1-2-6-12-23/h3-4,7-10,13,22H,1-2,5-6,11-12,14-15H2,(H2,21,27,28). The van der Waals surface area contributed by atoms with Gasteiger partial charge in [0.15, 0.2) is 0 Å². The number of nitrogens with two attached hydrogens (primary N) is 1. The van der Waals surface area contributed by atoms with E-state index >= 15 is 0 Å². The van der Waals surface area contributed by atoms with E-state index in [1.165, 1.54) is 43.4 Å². The number of nitrogens with one attached hydrogen (secondary N) is 1. The van der Waals surface area contributed by atoms with Gasteiger partial charge in [0.1, 0.15) is 5.69 Å². The molecule has 0 radical (unpaired) electrons. The highest BCUT2D eigenvalue weighted by Crippen LogP contribution is 2.28. The molecule has 2 aromatic rings. The van der Waals surface area contributed by atoms with Crippen LogP contribution in [0.15, 0.2) is 47.4 Å². The summed E-state index contributed by atoms with van der Waals surface area (Å²) in [5.74, 6) is 0. The molecule has 29 heavy (non-hydrogen) atoms. The lowest BCUT2D eigenvalue weighted by atomic mass is 10.1. The molecule has 0 saturated carbocycles. The molecule has 1 aliphatic rings. The summed E-state index contributed by atoms with van der Waals surface area (Å²) in [6, 6.07) is 11.7. The number of hydrogen-bond acceptors (Lipinski definition) is 6. The molecule has 0 aromatic heterocycles. The Hall–Kier alpha value is -2.49. The molecule has 0 amide bonds. The van der Waals surface area contributed by atoms with Gasteiger partial charge >= 0.3 is 0 Å². The Morgan fingerprint density at radius 3 is 2.31 bits per heavy atom. The predicted molar refractivity (Wildman–Crippen MR) is 112 cm³/mol. The number of likely N-dealkylation sites (tertiary alicyclic amines) is 1. The quantitative estimate of drug-likeness (QED) is 0.526. The highest BCUT2D eigenvalue weighted by Gasteiger charge is 2.19. The van der Waals surface area contributed by atoms with Crippen LogP contribution in [0.5, 0.6) is 0 Å². The third-order valence-electron chi connectivity index (χ3n) is 5.17. The fourth-order valence-electron chi connectivity index (χ4n) is 3.60. The summed E-state index contributed by atoms with van der Waals surface area (Å²) >= 11 is 0. The lowest BCUT2D eigenvalue weighted by molar-refractivity contribution is -0.384. The Balaban J connectivity index is 1.77. The normalized spacial score (nSPS) is 15.6. The number of anilines is 1. The number of nitro groups is 1. The van der Waals surface area contributed by atoms with Crippen molar-refractivity contribution in [1.29, 1.82) is 0 Å². The summed E-state index contributed by atoms with van der Waals surface area (Å²) in [6.45, 7) is 3.42. The summed E-state index contributed by atoms with van der Waals surface area (Å²) in [6.07, 6.45) is 4.97. The molecule has 156 valence electrons. The Morgan fingerprint density at radius 2 is 1.69 bits per heavy atom. The van der Waals surface area contributed by atoms with E-state index in [9.17, 15) is 18.5 Å². The van der Waals surface area contributed by atoms with Gasteiger partial charge in [-0.1, -0.05) is 37.1 Å². The maximum atomic E-state index is 11.5. The van der Waals surface area contributed by atoms with Gasteiger partial charge in [-0.25, -0.2) is 13.6 Å². The summed E-state index contributed by atoms with van der Waals surface area (Å²) < 4.78 is 23.0. The van der Waals surface area contributed by atoms with Gasteiger partial charge in [0.2, 0.25) is 10.0 Å². The Labute approximate surface area is 170 Å². The Morgan fingerprint density at radius 1 is 1.03 bits per heavy atom. The van der Waals surface area contributed by atoms with Crippen molar-refractivity contribution >= 4 is 21.4 Å². The molecule has 0 aliphatic carbocycles. The third-order valence-corrected chi connectivity index (χ3v) is 6.09. The van der Waals surface area contributed by atoms with Gasteiger partial charge in [0.25, 0.3) is 5.69 Å². The second-order valence-corrected chi connectivity index (χ2v) is 8.86. The van der Waals surface area contributed by atoms with Gasteiger partial charge in [-0.05, 0) is 49.2 Å². The van der Waals surface area contributed by atoms with Crippen LogP contribution in [0.25, 0.3) is 0 Å². The first-order valence-electron chi connectivity index (χ1n) is 9.69. The van der Waals surface area contributed by atoms with E-state index in [0.717, 1.165) is 31.3 Å². The van der Waals surface area contributed by atoms with Crippen molar-refractivity contribution in [2.24, 2.45) is 5.14 Å². The maximum absolute atomic E-state index is 11.5. The van der Waals surface area contributed by atoms with E-state index in [0.29, 0.717) is 6.54 Å². The summed E-state index contributed by atoms with van der Waals surface area (Å²) in [4.78, 5) is 13.0. The van der Waals surface area contributed by atoms with Crippen LogP contribution >= 0.6 is 0 Å². The number of rotatable bonds is 7. The zero-order valence-electron chi connectivity index (χ0n) is 16.2. The van der Waals surface area contributed by atoms with Crippen LogP contribution in [-0.4, -0.2) is 31.3 Å². The fraction of sp³-hybridized carbons (Fsp3) is 0.400. The molecular formula is C20H26N4O4S. The van der Waals surface area contributed by atoms with E-state index < -0.39 is 14.9 Å². The maximum Gasteiger partial charge on any atom is 0.293 e. The molecule has 1 fully saturated rings. The highest BCUT2D eigenvalue weighted by molar-refractivity contribution is 7.89. The number of primary sulfonamides is 1. The van der Waals surface area contributed by atoms with Crippen LogP contribution in [-0.2, 0) is 23.1 Å². The van der Waals surface area contributed by atoms with Crippen molar-refractivity contribution in [2.45, 2.75) is 43.7 Å². The van der Waals surface area contributed by atoms with Crippen LogP contribution in [0.4, 0.5) is 11.4 Å². The van der Waals surface area contributed by atoms with Crippen molar-refractivity contribution in [3.63, 3.8) is 0 Å². The van der Waals surface area contributed by atoms with Crippen LogP contribution in [0, 0.1) is 10.1 Å². The number of nitrogens with zero attached hydrogens (tertiary/aromatic N) is 2. The Kier molecular flexibility index (Phi) is 6.83. The van der Waals surface area contributed by atoms with Crippen molar-refractivity contribution in [1.82, 2.24) is 4.90 Å². The molecule has 0 spiro atoms. The average molecular weight is 419 g/mol. The molecule has 1 saturated heterocycles. The number of sulfonamides is 1. The topological polar surface area (TPSA) is 119 Å². The first-order chi connectivity index (χ1) is 13.8. The molecule has 0 bridgehead atoms. The van der Waals surface area contributed by atoms with Crippen molar-refractivity contribution < 1.29 is 13.3 Å². The van der Waals surface area contributed by atoms with Crippen LogP contribution in [0.1, 0.15) is 36.8 Å². The molecule has 3 rings (SSSR count). The lowest BCUT2D eigenvalue weighted by Gasteiger charge is -2.21. The van der Waals surface area contributed by atoms with E-state index in [2.05, 4.69) is 16.3 Å². The summed E-state index contributed by atoms with van der Waals surface area (Å²) in [7, 11) is -4.01. The molecule has 3 N–H and O–H groups in total. The van der Waals surface area contributed by atoms with E-state index in [4.69, 9.17) is 5.14 Å². The average Bonchev–Trinajstić information content (AvgIpc) is 2.95.